The first-order chi connectivity index (χ1) is 14.0. The Hall–Kier alpha value is -2.67. The van der Waals surface area contributed by atoms with E-state index in [-0.39, 0.29) is 30.5 Å². The van der Waals surface area contributed by atoms with Crippen molar-refractivity contribution in [2.75, 3.05) is 18.5 Å². The van der Waals surface area contributed by atoms with Gasteiger partial charge in [0.2, 0.25) is 5.91 Å². The number of rotatable bonds is 7. The molecule has 0 aliphatic carbocycles. The number of ether oxygens (including phenoxy) is 1. The van der Waals surface area contributed by atoms with E-state index < -0.39 is 5.41 Å². The third-order valence-electron chi connectivity index (χ3n) is 6.24. The summed E-state index contributed by atoms with van der Waals surface area (Å²) in [6.45, 7) is 2.49. The number of aromatic nitrogens is 2. The Morgan fingerprint density at radius 1 is 1.28 bits per heavy atom. The molecule has 1 aromatic carbocycles. The lowest BCUT2D eigenvalue weighted by atomic mass is 9.70. The van der Waals surface area contributed by atoms with Gasteiger partial charge in [-0.1, -0.05) is 30.3 Å². The number of nitrogens with zero attached hydrogens (tertiary/aromatic N) is 3. The smallest absolute Gasteiger partial charge is 0.314 e. The summed E-state index contributed by atoms with van der Waals surface area (Å²) >= 11 is 0. The van der Waals surface area contributed by atoms with Crippen molar-refractivity contribution in [3.63, 3.8) is 0 Å². The van der Waals surface area contributed by atoms with Crippen molar-refractivity contribution in [2.45, 2.75) is 44.7 Å². The van der Waals surface area contributed by atoms with Crippen molar-refractivity contribution >= 4 is 17.6 Å². The molecule has 2 bridgehead atoms. The molecule has 3 atom stereocenters. The minimum absolute atomic E-state index is 0.0198. The van der Waals surface area contributed by atoms with Crippen molar-refractivity contribution < 1.29 is 14.3 Å². The molecule has 4 rings (SSSR count). The molecule has 29 heavy (non-hydrogen) atoms. The molecule has 0 spiro atoms. The van der Waals surface area contributed by atoms with Crippen LogP contribution in [-0.2, 0) is 27.8 Å². The number of amides is 1. The molecule has 7 heteroatoms. The van der Waals surface area contributed by atoms with E-state index >= 15 is 0 Å². The van der Waals surface area contributed by atoms with Crippen molar-refractivity contribution in [2.24, 2.45) is 12.5 Å². The predicted octanol–water partition coefficient (Wildman–Crippen LogP) is 2.39. The van der Waals surface area contributed by atoms with E-state index in [1.54, 1.807) is 17.1 Å². The monoisotopic (exact) mass is 396 g/mol. The van der Waals surface area contributed by atoms with Crippen LogP contribution in [0.1, 0.15) is 31.7 Å². The molecule has 0 radical (unpaired) electrons. The molecule has 7 nitrogen and oxygen atoms in total. The van der Waals surface area contributed by atoms with Crippen LogP contribution in [0.5, 0.6) is 0 Å². The summed E-state index contributed by atoms with van der Waals surface area (Å²) in [5, 5.41) is 6.99. The van der Waals surface area contributed by atoms with Gasteiger partial charge in [-0.3, -0.25) is 19.2 Å². The molecule has 1 N–H and O–H groups in total. The van der Waals surface area contributed by atoms with E-state index in [1.807, 2.05) is 32.2 Å². The number of fused-ring (bicyclic) bond motifs is 2. The van der Waals surface area contributed by atoms with Crippen molar-refractivity contribution in [1.29, 1.82) is 0 Å². The summed E-state index contributed by atoms with van der Waals surface area (Å²) < 4.78 is 7.18. The molecule has 1 aromatic heterocycles. The maximum atomic E-state index is 13.1. The summed E-state index contributed by atoms with van der Waals surface area (Å²) in [7, 11) is 1.81. The summed E-state index contributed by atoms with van der Waals surface area (Å²) in [5.74, 6) is -0.206. The van der Waals surface area contributed by atoms with Gasteiger partial charge < -0.3 is 10.1 Å². The topological polar surface area (TPSA) is 76.5 Å². The molecule has 0 saturated carbocycles. The van der Waals surface area contributed by atoms with Crippen LogP contribution < -0.4 is 5.32 Å². The number of anilines is 1. The van der Waals surface area contributed by atoms with Gasteiger partial charge in [0.1, 0.15) is 0 Å². The van der Waals surface area contributed by atoms with Gasteiger partial charge in [0.05, 0.1) is 30.5 Å². The van der Waals surface area contributed by atoms with Gasteiger partial charge in [0.25, 0.3) is 0 Å². The fraction of sp³-hybridized carbons (Fsp3) is 0.500. The molecule has 2 aromatic rings. The molecular weight excluding hydrogens is 368 g/mol. The van der Waals surface area contributed by atoms with Crippen molar-refractivity contribution in [3.05, 3.63) is 48.3 Å². The Bertz CT molecular complexity index is 881. The fourth-order valence-electron chi connectivity index (χ4n) is 5.11. The predicted molar refractivity (Wildman–Crippen MR) is 109 cm³/mol. The lowest BCUT2D eigenvalue weighted by molar-refractivity contribution is -0.157. The molecule has 2 aliphatic rings. The third-order valence-corrected chi connectivity index (χ3v) is 6.24. The van der Waals surface area contributed by atoms with Crippen LogP contribution in [0, 0.1) is 5.41 Å². The van der Waals surface area contributed by atoms with Gasteiger partial charge in [0.15, 0.2) is 0 Å². The molecule has 2 aliphatic heterocycles. The molecule has 1 amide bonds. The maximum Gasteiger partial charge on any atom is 0.314 e. The van der Waals surface area contributed by atoms with E-state index in [9.17, 15) is 9.59 Å². The third kappa shape index (κ3) is 3.79. The quantitative estimate of drug-likeness (QED) is 0.728. The van der Waals surface area contributed by atoms with Gasteiger partial charge in [-0.05, 0) is 38.2 Å². The van der Waals surface area contributed by atoms with E-state index in [1.165, 1.54) is 0 Å². The highest BCUT2D eigenvalue weighted by atomic mass is 16.5. The molecule has 3 heterocycles. The minimum Gasteiger partial charge on any atom is -0.466 e. The summed E-state index contributed by atoms with van der Waals surface area (Å²) in [4.78, 5) is 28.0. The molecule has 2 fully saturated rings. The number of hydrogen-bond acceptors (Lipinski definition) is 5. The second-order valence-electron chi connectivity index (χ2n) is 8.11. The number of nitrogens with one attached hydrogen (secondary N) is 1. The van der Waals surface area contributed by atoms with Gasteiger partial charge in [-0.15, -0.1) is 0 Å². The van der Waals surface area contributed by atoms with Crippen LogP contribution in [0.4, 0.5) is 5.69 Å². The van der Waals surface area contributed by atoms with Crippen LogP contribution >= 0.6 is 0 Å². The number of aryl methyl sites for hydroxylation is 1. The first kappa shape index (κ1) is 19.6. The number of benzene rings is 1. The Morgan fingerprint density at radius 2 is 2.07 bits per heavy atom. The highest BCUT2D eigenvalue weighted by Crippen LogP contribution is 2.52. The zero-order valence-electron chi connectivity index (χ0n) is 17.0. The summed E-state index contributed by atoms with van der Waals surface area (Å²) in [5.41, 5.74) is 1.23. The lowest BCUT2D eigenvalue weighted by Gasteiger charge is -2.35. The van der Waals surface area contributed by atoms with Crippen LogP contribution in [0.3, 0.4) is 0 Å². The van der Waals surface area contributed by atoms with Gasteiger partial charge in [0, 0.05) is 25.3 Å². The molecule has 2 saturated heterocycles. The van der Waals surface area contributed by atoms with Gasteiger partial charge in [-0.2, -0.15) is 5.10 Å². The maximum absolute atomic E-state index is 13.1. The zero-order chi connectivity index (χ0) is 20.4. The first-order valence-corrected chi connectivity index (χ1v) is 10.3. The Balaban J connectivity index is 1.53. The number of carbonyl (C=O) groups excluding carboxylic acids is 2. The van der Waals surface area contributed by atoms with Crippen molar-refractivity contribution in [1.82, 2.24) is 14.7 Å². The highest BCUT2D eigenvalue weighted by molar-refractivity contribution is 5.92. The van der Waals surface area contributed by atoms with Crippen LogP contribution in [0.25, 0.3) is 0 Å². The number of esters is 1. The zero-order valence-corrected chi connectivity index (χ0v) is 17.0. The lowest BCUT2D eigenvalue weighted by Crippen LogP contribution is -2.47. The Morgan fingerprint density at radius 3 is 2.76 bits per heavy atom. The normalized spacial score (nSPS) is 25.9. The number of carbonyl (C=O) groups is 2. The fourth-order valence-corrected chi connectivity index (χ4v) is 5.11. The Kier molecular flexibility index (Phi) is 5.41. The largest absolute Gasteiger partial charge is 0.466 e. The first-order valence-electron chi connectivity index (χ1n) is 10.3. The van der Waals surface area contributed by atoms with Gasteiger partial charge in [-0.25, -0.2) is 0 Å². The highest BCUT2D eigenvalue weighted by Gasteiger charge is 2.60. The average Bonchev–Trinajstić information content (AvgIpc) is 3.36. The Labute approximate surface area is 171 Å². The van der Waals surface area contributed by atoms with Crippen LogP contribution in [0.2, 0.25) is 0 Å². The SMILES string of the molecule is CCOC(=O)[C@@]1(Cc2ccccc2)C[C@H]2CC[C@@H]1N2CC(=O)Nc1cnn(C)c1. The van der Waals surface area contributed by atoms with Gasteiger partial charge >= 0.3 is 5.97 Å². The van der Waals surface area contributed by atoms with E-state index in [0.29, 0.717) is 18.7 Å². The summed E-state index contributed by atoms with van der Waals surface area (Å²) in [6, 6.07) is 10.4. The van der Waals surface area contributed by atoms with Crippen molar-refractivity contribution in [3.8, 4) is 0 Å². The van der Waals surface area contributed by atoms with Crippen LogP contribution in [0.15, 0.2) is 42.7 Å². The van der Waals surface area contributed by atoms with E-state index in [0.717, 1.165) is 24.8 Å². The van der Waals surface area contributed by atoms with E-state index in [2.05, 4.69) is 27.4 Å². The van der Waals surface area contributed by atoms with Crippen LogP contribution in [-0.4, -0.2) is 51.8 Å². The standard InChI is InChI=1S/C22H28N4O3/c1-3-29-21(28)22(11-16-7-5-4-6-8-16)12-18-9-10-19(22)26(18)15-20(27)24-17-13-23-25(2)14-17/h4-8,13-14,18-19H,3,9-12,15H2,1-2H3,(H,24,27)/t18-,19+,22+/m1/s1. The molecule has 0 unspecified atom stereocenters. The van der Waals surface area contributed by atoms with E-state index in [4.69, 9.17) is 4.74 Å². The average molecular weight is 396 g/mol. The second-order valence-corrected chi connectivity index (χ2v) is 8.11. The minimum atomic E-state index is -0.588. The summed E-state index contributed by atoms with van der Waals surface area (Å²) in [6.07, 6.45) is 6.72. The second kappa shape index (κ2) is 7.99. The molecule has 154 valence electrons. The number of hydrogen-bond donors (Lipinski definition) is 1. The molecular formula is C22H28N4O3.